The van der Waals surface area contributed by atoms with Gasteiger partial charge in [-0.1, -0.05) is 266 Å². The molecule has 17 nitrogen and oxygen atoms in total. The van der Waals surface area contributed by atoms with Gasteiger partial charge in [-0.2, -0.15) is 0 Å². The standard InChI is InChI=1S/C64H124O17P2/c1-7-9-11-13-14-15-16-17-18-24-29-35-41-47-62(67)75-53-60(81-63(68)48-42-36-30-25-20-19-22-27-33-38-44-56(3)4)55-79-83(72,73)77-51-58(65)50-76-82(70,71)78-54-59(52-74-61(66)46-40-32-12-10-8-2)80-64(69)49-43-37-31-26-21-23-28-34-39-45-57(5)6/h56-60,65H,7-55H2,1-6H3,(H,70,71)(H,72,73)/t58-,59+,60+/m0/s1. The number of carbonyl (C=O) groups excluding carboxylic acids is 4. The van der Waals surface area contributed by atoms with Gasteiger partial charge < -0.3 is 33.8 Å². The molecule has 0 radical (unpaired) electrons. The lowest BCUT2D eigenvalue weighted by atomic mass is 10.0. The number of rotatable bonds is 63. The molecule has 0 aliphatic heterocycles. The fraction of sp³-hybridized carbons (Fsp3) is 0.938. The predicted molar refractivity (Wildman–Crippen MR) is 331 cm³/mol. The topological polar surface area (TPSA) is 237 Å². The van der Waals surface area contributed by atoms with E-state index in [4.69, 9.17) is 37.0 Å². The molecule has 0 bridgehead atoms. The number of phosphoric acid groups is 2. The summed E-state index contributed by atoms with van der Waals surface area (Å²) in [5, 5.41) is 10.5. The van der Waals surface area contributed by atoms with Gasteiger partial charge in [0.15, 0.2) is 12.2 Å². The highest BCUT2D eigenvalue weighted by Gasteiger charge is 2.30. The van der Waals surface area contributed by atoms with Gasteiger partial charge in [-0.25, -0.2) is 9.13 Å². The van der Waals surface area contributed by atoms with E-state index in [2.05, 4.69) is 41.5 Å². The van der Waals surface area contributed by atoms with E-state index >= 15 is 0 Å². The van der Waals surface area contributed by atoms with Crippen LogP contribution >= 0.6 is 15.6 Å². The molecule has 0 saturated heterocycles. The van der Waals surface area contributed by atoms with Crippen LogP contribution in [-0.2, 0) is 65.4 Å². The Morgan fingerprint density at radius 1 is 0.325 bits per heavy atom. The number of aliphatic hydroxyl groups excluding tert-OH is 1. The number of hydrogen-bond acceptors (Lipinski definition) is 15. The van der Waals surface area contributed by atoms with E-state index < -0.39 is 97.5 Å². The molecule has 0 spiro atoms. The van der Waals surface area contributed by atoms with E-state index in [9.17, 15) is 43.2 Å². The van der Waals surface area contributed by atoms with Crippen LogP contribution in [0.1, 0.15) is 318 Å². The molecule has 0 rings (SSSR count). The molecule has 0 fully saturated rings. The SMILES string of the molecule is CCCCCCCCCCCCCCCC(=O)OC[C@H](COP(=O)(O)OC[C@@H](O)COP(=O)(O)OC[C@@H](COC(=O)CCCCCCC)OC(=O)CCCCCCCCCCCC(C)C)OC(=O)CCCCCCCCCCCCC(C)C. The number of phosphoric ester groups is 2. The second kappa shape index (κ2) is 56.6. The Kier molecular flexibility index (Phi) is 55.2. The van der Waals surface area contributed by atoms with Gasteiger partial charge in [0.2, 0.25) is 0 Å². The summed E-state index contributed by atoms with van der Waals surface area (Å²) < 4.78 is 67.8. The van der Waals surface area contributed by atoms with Crippen LogP contribution in [0.3, 0.4) is 0 Å². The quantitative estimate of drug-likeness (QED) is 0.0222. The van der Waals surface area contributed by atoms with Crippen molar-refractivity contribution in [3.63, 3.8) is 0 Å². The van der Waals surface area contributed by atoms with E-state index in [1.165, 1.54) is 128 Å². The molecule has 0 heterocycles. The van der Waals surface area contributed by atoms with E-state index in [-0.39, 0.29) is 25.7 Å². The first kappa shape index (κ1) is 81.1. The van der Waals surface area contributed by atoms with Crippen LogP contribution in [-0.4, -0.2) is 96.7 Å². The Balaban J connectivity index is 5.18. The summed E-state index contributed by atoms with van der Waals surface area (Å²) >= 11 is 0. The monoisotopic (exact) mass is 1230 g/mol. The number of aliphatic hydroxyl groups is 1. The maximum atomic E-state index is 13.0. The second-order valence-corrected chi connectivity index (χ2v) is 27.0. The molecular formula is C64H124O17P2. The lowest BCUT2D eigenvalue weighted by Gasteiger charge is -2.21. The van der Waals surface area contributed by atoms with Crippen molar-refractivity contribution >= 4 is 39.5 Å². The van der Waals surface area contributed by atoms with Gasteiger partial charge in [-0.15, -0.1) is 0 Å². The van der Waals surface area contributed by atoms with Crippen LogP contribution in [0.25, 0.3) is 0 Å². The first-order valence-corrected chi connectivity index (χ1v) is 36.5. The van der Waals surface area contributed by atoms with Gasteiger partial charge in [0, 0.05) is 25.7 Å². The van der Waals surface area contributed by atoms with Gasteiger partial charge in [-0.05, 0) is 37.5 Å². The number of esters is 4. The molecule has 2 unspecified atom stereocenters. The summed E-state index contributed by atoms with van der Waals surface area (Å²) in [5.41, 5.74) is 0. The summed E-state index contributed by atoms with van der Waals surface area (Å²) in [6, 6.07) is 0. The van der Waals surface area contributed by atoms with Crippen molar-refractivity contribution in [2.75, 3.05) is 39.6 Å². The second-order valence-electron chi connectivity index (χ2n) is 24.1. The third-order valence-electron chi connectivity index (χ3n) is 14.7. The maximum absolute atomic E-state index is 13.0. The fourth-order valence-corrected chi connectivity index (χ4v) is 11.1. The number of unbranched alkanes of at least 4 members (excludes halogenated alkanes) is 33. The van der Waals surface area contributed by atoms with Crippen LogP contribution in [0, 0.1) is 11.8 Å². The van der Waals surface area contributed by atoms with Gasteiger partial charge in [0.1, 0.15) is 19.3 Å². The van der Waals surface area contributed by atoms with Crippen LogP contribution in [0.2, 0.25) is 0 Å². The molecule has 0 aliphatic rings. The zero-order valence-electron chi connectivity index (χ0n) is 53.5. The van der Waals surface area contributed by atoms with Gasteiger partial charge in [-0.3, -0.25) is 37.3 Å². The lowest BCUT2D eigenvalue weighted by molar-refractivity contribution is -0.161. The van der Waals surface area contributed by atoms with Crippen molar-refractivity contribution in [3.8, 4) is 0 Å². The molecule has 492 valence electrons. The van der Waals surface area contributed by atoms with Crippen molar-refractivity contribution < 1.29 is 80.2 Å². The van der Waals surface area contributed by atoms with Crippen molar-refractivity contribution in [1.82, 2.24) is 0 Å². The summed E-state index contributed by atoms with van der Waals surface area (Å²) in [7, 11) is -9.88. The number of carbonyl (C=O) groups is 4. The average molecular weight is 1230 g/mol. The van der Waals surface area contributed by atoms with E-state index in [0.717, 1.165) is 108 Å². The Hall–Kier alpha value is -1.94. The zero-order valence-corrected chi connectivity index (χ0v) is 55.3. The summed E-state index contributed by atoms with van der Waals surface area (Å²) in [6.07, 6.45) is 39.2. The summed E-state index contributed by atoms with van der Waals surface area (Å²) in [4.78, 5) is 72.0. The Morgan fingerprint density at radius 3 is 0.819 bits per heavy atom. The molecule has 0 aromatic rings. The molecule has 83 heavy (non-hydrogen) atoms. The van der Waals surface area contributed by atoms with Crippen LogP contribution in [0.4, 0.5) is 0 Å². The minimum absolute atomic E-state index is 0.104. The summed E-state index contributed by atoms with van der Waals surface area (Å²) in [5.74, 6) is -0.655. The van der Waals surface area contributed by atoms with Crippen molar-refractivity contribution in [2.45, 2.75) is 336 Å². The normalized spacial score (nSPS) is 14.3. The fourth-order valence-electron chi connectivity index (χ4n) is 9.53. The van der Waals surface area contributed by atoms with Gasteiger partial charge in [0.25, 0.3) is 0 Å². The predicted octanol–water partition coefficient (Wildman–Crippen LogP) is 17.7. The molecule has 0 amide bonds. The molecule has 0 aromatic heterocycles. The van der Waals surface area contributed by atoms with Crippen LogP contribution in [0.5, 0.6) is 0 Å². The molecule has 0 saturated carbocycles. The number of hydrogen-bond donors (Lipinski definition) is 3. The summed E-state index contributed by atoms with van der Waals surface area (Å²) in [6.45, 7) is 9.38. The zero-order chi connectivity index (χ0) is 61.5. The highest BCUT2D eigenvalue weighted by Crippen LogP contribution is 2.45. The Morgan fingerprint density at radius 2 is 0.554 bits per heavy atom. The van der Waals surface area contributed by atoms with Crippen LogP contribution < -0.4 is 0 Å². The Labute approximate surface area is 505 Å². The maximum Gasteiger partial charge on any atom is 0.472 e. The third kappa shape index (κ3) is 58.8. The van der Waals surface area contributed by atoms with Gasteiger partial charge >= 0.3 is 39.5 Å². The third-order valence-corrected chi connectivity index (χ3v) is 16.6. The van der Waals surface area contributed by atoms with Crippen molar-refractivity contribution in [2.24, 2.45) is 11.8 Å². The van der Waals surface area contributed by atoms with E-state index in [1.807, 2.05) is 0 Å². The van der Waals surface area contributed by atoms with Gasteiger partial charge in [0.05, 0.1) is 26.4 Å². The van der Waals surface area contributed by atoms with Crippen molar-refractivity contribution in [1.29, 1.82) is 0 Å². The molecular weight excluding hydrogens is 1100 g/mol. The number of ether oxygens (including phenoxy) is 4. The first-order chi connectivity index (χ1) is 39.9. The molecule has 0 aromatic carbocycles. The van der Waals surface area contributed by atoms with E-state index in [0.29, 0.717) is 25.7 Å². The first-order valence-electron chi connectivity index (χ1n) is 33.5. The molecule has 0 aliphatic carbocycles. The lowest BCUT2D eigenvalue weighted by Crippen LogP contribution is -2.30. The van der Waals surface area contributed by atoms with Crippen LogP contribution in [0.15, 0.2) is 0 Å². The minimum atomic E-state index is -4.94. The average Bonchev–Trinajstić information content (AvgIpc) is 3.45. The molecule has 5 atom stereocenters. The van der Waals surface area contributed by atoms with Crippen molar-refractivity contribution in [3.05, 3.63) is 0 Å². The molecule has 3 N–H and O–H groups in total. The highest BCUT2D eigenvalue weighted by atomic mass is 31.2. The largest absolute Gasteiger partial charge is 0.472 e. The highest BCUT2D eigenvalue weighted by molar-refractivity contribution is 7.47. The smallest absolute Gasteiger partial charge is 0.462 e. The Bertz CT molecular complexity index is 1630. The minimum Gasteiger partial charge on any atom is -0.462 e. The van der Waals surface area contributed by atoms with E-state index in [1.54, 1.807) is 0 Å². The molecule has 19 heteroatoms.